The van der Waals surface area contributed by atoms with Gasteiger partial charge in [0, 0.05) is 6.54 Å². The van der Waals surface area contributed by atoms with Crippen LogP contribution in [0.3, 0.4) is 0 Å². The third-order valence-corrected chi connectivity index (χ3v) is 2.83. The molecular weight excluding hydrogens is 240 g/mol. The SMILES string of the molecule is CCOC(=O)Cc1cc(-c2ccccc2)n(CC)n1. The van der Waals surface area contributed by atoms with Crippen LogP contribution in [0.25, 0.3) is 11.3 Å². The van der Waals surface area contributed by atoms with Crippen molar-refractivity contribution in [2.24, 2.45) is 0 Å². The number of carbonyl (C=O) groups is 1. The van der Waals surface area contributed by atoms with Crippen molar-refractivity contribution in [3.8, 4) is 11.3 Å². The number of rotatable bonds is 5. The number of ether oxygens (including phenoxy) is 1. The van der Waals surface area contributed by atoms with E-state index in [1.165, 1.54) is 0 Å². The molecule has 100 valence electrons. The Hall–Kier alpha value is -2.10. The van der Waals surface area contributed by atoms with Gasteiger partial charge in [-0.3, -0.25) is 9.48 Å². The molecule has 0 fully saturated rings. The topological polar surface area (TPSA) is 44.1 Å². The number of aromatic nitrogens is 2. The summed E-state index contributed by atoms with van der Waals surface area (Å²) in [5, 5.41) is 4.44. The highest BCUT2D eigenvalue weighted by molar-refractivity contribution is 5.72. The summed E-state index contributed by atoms with van der Waals surface area (Å²) in [6.07, 6.45) is 0.223. The highest BCUT2D eigenvalue weighted by Gasteiger charge is 2.12. The van der Waals surface area contributed by atoms with Crippen LogP contribution in [0.15, 0.2) is 36.4 Å². The molecule has 1 aromatic heterocycles. The molecule has 0 amide bonds. The first kappa shape index (κ1) is 13.3. The summed E-state index contributed by atoms with van der Waals surface area (Å²) in [7, 11) is 0. The fraction of sp³-hybridized carbons (Fsp3) is 0.333. The Balaban J connectivity index is 2.25. The van der Waals surface area contributed by atoms with Crippen LogP contribution in [-0.2, 0) is 22.5 Å². The van der Waals surface area contributed by atoms with Crippen molar-refractivity contribution >= 4 is 5.97 Å². The van der Waals surface area contributed by atoms with Crippen molar-refractivity contribution < 1.29 is 9.53 Å². The Kier molecular flexibility index (Phi) is 4.34. The van der Waals surface area contributed by atoms with E-state index in [1.54, 1.807) is 6.92 Å². The molecule has 1 aromatic carbocycles. The summed E-state index contributed by atoms with van der Waals surface area (Å²) in [5.41, 5.74) is 2.88. The van der Waals surface area contributed by atoms with Gasteiger partial charge in [-0.1, -0.05) is 30.3 Å². The van der Waals surface area contributed by atoms with Crippen LogP contribution in [0.2, 0.25) is 0 Å². The van der Waals surface area contributed by atoms with Crippen LogP contribution in [0, 0.1) is 0 Å². The van der Waals surface area contributed by atoms with Crippen molar-refractivity contribution in [3.05, 3.63) is 42.1 Å². The monoisotopic (exact) mass is 258 g/mol. The molecule has 0 unspecified atom stereocenters. The number of aryl methyl sites for hydroxylation is 1. The first-order valence-electron chi connectivity index (χ1n) is 6.52. The highest BCUT2D eigenvalue weighted by atomic mass is 16.5. The molecule has 0 radical (unpaired) electrons. The van der Waals surface area contributed by atoms with Crippen LogP contribution in [0.1, 0.15) is 19.5 Å². The van der Waals surface area contributed by atoms with E-state index in [0.717, 1.165) is 23.5 Å². The summed E-state index contributed by atoms with van der Waals surface area (Å²) in [6.45, 7) is 5.01. The van der Waals surface area contributed by atoms with E-state index in [4.69, 9.17) is 4.74 Å². The zero-order valence-electron chi connectivity index (χ0n) is 11.3. The molecule has 2 aromatic rings. The third kappa shape index (κ3) is 3.22. The average Bonchev–Trinajstić information content (AvgIpc) is 2.83. The number of hydrogen-bond donors (Lipinski definition) is 0. The Bertz CT molecular complexity index is 547. The van der Waals surface area contributed by atoms with E-state index in [9.17, 15) is 4.79 Å². The Morgan fingerprint density at radius 1 is 1.26 bits per heavy atom. The van der Waals surface area contributed by atoms with Crippen molar-refractivity contribution in [3.63, 3.8) is 0 Å². The molecule has 0 aliphatic carbocycles. The Morgan fingerprint density at radius 3 is 2.63 bits per heavy atom. The second kappa shape index (κ2) is 6.18. The van der Waals surface area contributed by atoms with E-state index in [2.05, 4.69) is 5.10 Å². The standard InChI is InChI=1S/C15H18N2O2/c1-3-17-14(12-8-6-5-7-9-12)10-13(16-17)11-15(18)19-4-2/h5-10H,3-4,11H2,1-2H3. The molecule has 0 atom stereocenters. The maximum atomic E-state index is 11.5. The lowest BCUT2D eigenvalue weighted by Crippen LogP contribution is -2.08. The predicted molar refractivity (Wildman–Crippen MR) is 73.7 cm³/mol. The van der Waals surface area contributed by atoms with Crippen LogP contribution < -0.4 is 0 Å². The van der Waals surface area contributed by atoms with Gasteiger partial charge in [-0.2, -0.15) is 5.10 Å². The van der Waals surface area contributed by atoms with Crippen LogP contribution in [0.4, 0.5) is 0 Å². The number of hydrogen-bond acceptors (Lipinski definition) is 3. The number of benzene rings is 1. The predicted octanol–water partition coefficient (Wildman–Crippen LogP) is 2.68. The average molecular weight is 258 g/mol. The van der Waals surface area contributed by atoms with Crippen LogP contribution in [-0.4, -0.2) is 22.4 Å². The molecule has 0 bridgehead atoms. The second-order valence-corrected chi connectivity index (χ2v) is 4.18. The molecule has 4 nitrogen and oxygen atoms in total. The van der Waals surface area contributed by atoms with Gasteiger partial charge in [0.15, 0.2) is 0 Å². The Morgan fingerprint density at radius 2 is 2.00 bits per heavy atom. The maximum absolute atomic E-state index is 11.5. The lowest BCUT2D eigenvalue weighted by molar-refractivity contribution is -0.142. The minimum Gasteiger partial charge on any atom is -0.466 e. The molecule has 0 N–H and O–H groups in total. The molecule has 0 saturated heterocycles. The second-order valence-electron chi connectivity index (χ2n) is 4.18. The minimum atomic E-state index is -0.233. The van der Waals surface area contributed by atoms with Crippen molar-refractivity contribution in [1.29, 1.82) is 0 Å². The van der Waals surface area contributed by atoms with Crippen molar-refractivity contribution in [1.82, 2.24) is 9.78 Å². The van der Waals surface area contributed by atoms with E-state index >= 15 is 0 Å². The molecule has 0 saturated carbocycles. The molecule has 2 rings (SSSR count). The van der Waals surface area contributed by atoms with E-state index in [0.29, 0.717) is 6.61 Å². The highest BCUT2D eigenvalue weighted by Crippen LogP contribution is 2.20. The van der Waals surface area contributed by atoms with Crippen molar-refractivity contribution in [2.75, 3.05) is 6.61 Å². The quantitative estimate of drug-likeness (QED) is 0.774. The fourth-order valence-electron chi connectivity index (χ4n) is 2.00. The third-order valence-electron chi connectivity index (χ3n) is 2.83. The molecule has 0 aliphatic heterocycles. The smallest absolute Gasteiger partial charge is 0.311 e. The van der Waals surface area contributed by atoms with Crippen molar-refractivity contribution in [2.45, 2.75) is 26.8 Å². The Labute approximate surface area is 113 Å². The van der Waals surface area contributed by atoms with Gasteiger partial charge in [0.25, 0.3) is 0 Å². The molecule has 1 heterocycles. The summed E-state index contributed by atoms with van der Waals surface area (Å²) in [4.78, 5) is 11.5. The lowest BCUT2D eigenvalue weighted by Gasteiger charge is -2.03. The normalized spacial score (nSPS) is 10.4. The number of esters is 1. The summed E-state index contributed by atoms with van der Waals surface area (Å²) in [6, 6.07) is 12.0. The van der Waals surface area contributed by atoms with Crippen LogP contribution >= 0.6 is 0 Å². The molecule has 19 heavy (non-hydrogen) atoms. The van der Waals surface area contributed by atoms with Gasteiger partial charge in [0.05, 0.1) is 24.4 Å². The first-order valence-corrected chi connectivity index (χ1v) is 6.52. The largest absolute Gasteiger partial charge is 0.466 e. The van der Waals surface area contributed by atoms with Gasteiger partial charge in [-0.15, -0.1) is 0 Å². The molecular formula is C15H18N2O2. The van der Waals surface area contributed by atoms with Gasteiger partial charge in [0.1, 0.15) is 0 Å². The first-order chi connectivity index (χ1) is 9.24. The minimum absolute atomic E-state index is 0.223. The molecule has 0 aliphatic rings. The zero-order chi connectivity index (χ0) is 13.7. The van der Waals surface area contributed by atoms with Gasteiger partial charge < -0.3 is 4.74 Å². The van der Waals surface area contributed by atoms with Gasteiger partial charge >= 0.3 is 5.97 Å². The van der Waals surface area contributed by atoms with E-state index in [-0.39, 0.29) is 12.4 Å². The summed E-state index contributed by atoms with van der Waals surface area (Å²) in [5.74, 6) is -0.233. The van der Waals surface area contributed by atoms with Gasteiger partial charge in [-0.05, 0) is 25.5 Å². The molecule has 0 spiro atoms. The lowest BCUT2D eigenvalue weighted by atomic mass is 10.1. The maximum Gasteiger partial charge on any atom is 0.311 e. The van der Waals surface area contributed by atoms with Crippen LogP contribution in [0.5, 0.6) is 0 Å². The summed E-state index contributed by atoms with van der Waals surface area (Å²) >= 11 is 0. The number of nitrogens with zero attached hydrogens (tertiary/aromatic N) is 2. The van der Waals surface area contributed by atoms with E-state index < -0.39 is 0 Å². The molecule has 4 heteroatoms. The summed E-state index contributed by atoms with van der Waals surface area (Å²) < 4.78 is 6.85. The van der Waals surface area contributed by atoms with Gasteiger partial charge in [0.2, 0.25) is 0 Å². The zero-order valence-corrected chi connectivity index (χ0v) is 11.3. The number of carbonyl (C=O) groups excluding carboxylic acids is 1. The van der Waals surface area contributed by atoms with Gasteiger partial charge in [-0.25, -0.2) is 0 Å². The van der Waals surface area contributed by atoms with E-state index in [1.807, 2.05) is 48.0 Å². The fourth-order valence-corrected chi connectivity index (χ4v) is 2.00.